The number of aromatic nitrogens is 1. The molecule has 2 aromatic rings. The van der Waals surface area contributed by atoms with Crippen LogP contribution in [0.2, 0.25) is 0 Å². The Morgan fingerprint density at radius 1 is 1.29 bits per heavy atom. The second kappa shape index (κ2) is 7.04. The van der Waals surface area contributed by atoms with Crippen LogP contribution in [0.3, 0.4) is 0 Å². The van der Waals surface area contributed by atoms with E-state index in [0.29, 0.717) is 18.7 Å². The number of hydrogen-bond acceptors (Lipinski definition) is 3. The monoisotopic (exact) mass is 287 g/mol. The number of benzene rings is 1. The molecular formula is C16H21N3O2. The van der Waals surface area contributed by atoms with Gasteiger partial charge in [0.05, 0.1) is 17.3 Å². The van der Waals surface area contributed by atoms with E-state index in [0.717, 1.165) is 10.9 Å². The van der Waals surface area contributed by atoms with E-state index in [-0.39, 0.29) is 11.9 Å². The zero-order chi connectivity index (χ0) is 15.2. The largest absolute Gasteiger partial charge is 0.393 e. The number of amides is 2. The first kappa shape index (κ1) is 15.3. The number of fused-ring (bicyclic) bond motifs is 1. The lowest BCUT2D eigenvalue weighted by Crippen LogP contribution is -2.32. The van der Waals surface area contributed by atoms with Gasteiger partial charge in [0.1, 0.15) is 0 Å². The Kier molecular flexibility index (Phi) is 5.11. The van der Waals surface area contributed by atoms with Crippen molar-refractivity contribution in [2.75, 3.05) is 11.9 Å². The van der Waals surface area contributed by atoms with Gasteiger partial charge in [-0.15, -0.1) is 0 Å². The van der Waals surface area contributed by atoms with E-state index in [1.807, 2.05) is 44.2 Å². The number of nitrogens with zero attached hydrogens (tertiary/aromatic N) is 1. The summed E-state index contributed by atoms with van der Waals surface area (Å²) in [5.41, 5.74) is 1.44. The van der Waals surface area contributed by atoms with Gasteiger partial charge in [-0.1, -0.05) is 32.0 Å². The van der Waals surface area contributed by atoms with Crippen LogP contribution in [0, 0.1) is 5.92 Å². The molecule has 5 heteroatoms. The number of hydrogen-bond donors (Lipinski definition) is 3. The number of carbonyl (C=O) groups excluding carboxylic acids is 1. The van der Waals surface area contributed by atoms with Gasteiger partial charge in [0.25, 0.3) is 0 Å². The lowest BCUT2D eigenvalue weighted by molar-refractivity contribution is 0.117. The summed E-state index contributed by atoms with van der Waals surface area (Å²) in [4.78, 5) is 16.2. The number of urea groups is 1. The highest BCUT2D eigenvalue weighted by molar-refractivity contribution is 5.99. The van der Waals surface area contributed by atoms with Crippen LogP contribution < -0.4 is 10.6 Å². The maximum Gasteiger partial charge on any atom is 0.319 e. The summed E-state index contributed by atoms with van der Waals surface area (Å²) in [7, 11) is 0. The standard InChI is InChI=1S/C16H21N3O2/c1-11(2)14(20)8-10-18-16(21)19-13-7-3-5-12-6-4-9-17-15(12)13/h3-7,9,11,14,20H,8,10H2,1-2H3,(H2,18,19,21). The molecule has 3 N–H and O–H groups in total. The average molecular weight is 287 g/mol. The molecule has 1 atom stereocenters. The van der Waals surface area contributed by atoms with E-state index in [1.165, 1.54) is 0 Å². The van der Waals surface area contributed by atoms with Gasteiger partial charge >= 0.3 is 6.03 Å². The summed E-state index contributed by atoms with van der Waals surface area (Å²) >= 11 is 0. The Bertz CT molecular complexity index is 608. The van der Waals surface area contributed by atoms with Gasteiger partial charge < -0.3 is 15.7 Å². The fraction of sp³-hybridized carbons (Fsp3) is 0.375. The van der Waals surface area contributed by atoms with Crippen LogP contribution in [0.15, 0.2) is 36.5 Å². The van der Waals surface area contributed by atoms with Crippen molar-refractivity contribution in [3.8, 4) is 0 Å². The van der Waals surface area contributed by atoms with Crippen molar-refractivity contribution in [2.45, 2.75) is 26.4 Å². The number of nitrogens with one attached hydrogen (secondary N) is 2. The molecule has 1 heterocycles. The molecule has 1 aromatic heterocycles. The zero-order valence-corrected chi connectivity index (χ0v) is 12.3. The molecule has 0 aliphatic carbocycles. The molecule has 1 unspecified atom stereocenters. The van der Waals surface area contributed by atoms with E-state index in [1.54, 1.807) is 6.20 Å². The van der Waals surface area contributed by atoms with E-state index in [9.17, 15) is 9.90 Å². The third-order valence-electron chi connectivity index (χ3n) is 3.38. The highest BCUT2D eigenvalue weighted by atomic mass is 16.3. The maximum absolute atomic E-state index is 11.9. The molecule has 0 radical (unpaired) electrons. The smallest absolute Gasteiger partial charge is 0.319 e. The lowest BCUT2D eigenvalue weighted by atomic mass is 10.0. The van der Waals surface area contributed by atoms with E-state index in [4.69, 9.17) is 0 Å². The highest BCUT2D eigenvalue weighted by Crippen LogP contribution is 2.20. The van der Waals surface area contributed by atoms with Crippen LogP contribution in [0.25, 0.3) is 10.9 Å². The van der Waals surface area contributed by atoms with Crippen molar-refractivity contribution in [1.29, 1.82) is 0 Å². The Labute approximate surface area is 124 Å². The Morgan fingerprint density at radius 2 is 2.05 bits per heavy atom. The lowest BCUT2D eigenvalue weighted by Gasteiger charge is -2.15. The third-order valence-corrected chi connectivity index (χ3v) is 3.38. The van der Waals surface area contributed by atoms with Crippen LogP contribution >= 0.6 is 0 Å². The van der Waals surface area contributed by atoms with E-state index >= 15 is 0 Å². The van der Waals surface area contributed by atoms with Crippen molar-refractivity contribution < 1.29 is 9.90 Å². The quantitative estimate of drug-likeness (QED) is 0.791. The van der Waals surface area contributed by atoms with Crippen molar-refractivity contribution >= 4 is 22.6 Å². The summed E-state index contributed by atoms with van der Waals surface area (Å²) in [6, 6.07) is 9.16. The van der Waals surface area contributed by atoms with Crippen LogP contribution in [-0.2, 0) is 0 Å². The zero-order valence-electron chi connectivity index (χ0n) is 12.3. The number of pyridine rings is 1. The minimum absolute atomic E-state index is 0.192. The topological polar surface area (TPSA) is 74.2 Å². The normalized spacial score (nSPS) is 12.4. The van der Waals surface area contributed by atoms with Gasteiger partial charge in [-0.2, -0.15) is 0 Å². The first-order valence-corrected chi connectivity index (χ1v) is 7.14. The fourth-order valence-electron chi connectivity index (χ4n) is 2.04. The van der Waals surface area contributed by atoms with Crippen LogP contribution in [0.5, 0.6) is 0 Å². The molecule has 112 valence electrons. The number of carbonyl (C=O) groups is 1. The molecule has 5 nitrogen and oxygen atoms in total. The molecule has 0 saturated heterocycles. The molecule has 21 heavy (non-hydrogen) atoms. The maximum atomic E-state index is 11.9. The van der Waals surface area contributed by atoms with E-state index < -0.39 is 6.10 Å². The number of rotatable bonds is 5. The van der Waals surface area contributed by atoms with Gasteiger partial charge in [0.15, 0.2) is 0 Å². The Hall–Kier alpha value is -2.14. The predicted molar refractivity (Wildman–Crippen MR) is 84.2 cm³/mol. The summed E-state index contributed by atoms with van der Waals surface area (Å²) in [6.45, 7) is 4.34. The Morgan fingerprint density at radius 3 is 2.81 bits per heavy atom. The molecule has 0 fully saturated rings. The van der Waals surface area contributed by atoms with Gasteiger partial charge in [-0.3, -0.25) is 4.98 Å². The molecule has 1 aromatic carbocycles. The first-order chi connectivity index (χ1) is 10.1. The van der Waals surface area contributed by atoms with Crippen LogP contribution in [-0.4, -0.2) is 28.8 Å². The number of aliphatic hydroxyl groups excluding tert-OH is 1. The summed E-state index contributed by atoms with van der Waals surface area (Å²) < 4.78 is 0. The minimum atomic E-state index is -0.399. The summed E-state index contributed by atoms with van der Waals surface area (Å²) in [5, 5.41) is 16.2. The molecule has 0 aliphatic heterocycles. The fourth-order valence-corrected chi connectivity index (χ4v) is 2.04. The van der Waals surface area contributed by atoms with Crippen molar-refractivity contribution in [3.05, 3.63) is 36.5 Å². The second-order valence-corrected chi connectivity index (χ2v) is 5.36. The molecule has 2 amide bonds. The van der Waals surface area contributed by atoms with E-state index in [2.05, 4.69) is 15.6 Å². The predicted octanol–water partition coefficient (Wildman–Crippen LogP) is 2.76. The second-order valence-electron chi connectivity index (χ2n) is 5.36. The minimum Gasteiger partial charge on any atom is -0.393 e. The van der Waals surface area contributed by atoms with Crippen molar-refractivity contribution in [1.82, 2.24) is 10.3 Å². The van der Waals surface area contributed by atoms with Crippen molar-refractivity contribution in [3.63, 3.8) is 0 Å². The summed E-state index contributed by atoms with van der Waals surface area (Å²) in [6.07, 6.45) is 1.84. The van der Waals surface area contributed by atoms with Gasteiger partial charge in [0, 0.05) is 18.1 Å². The Balaban J connectivity index is 1.93. The SMILES string of the molecule is CC(C)C(O)CCNC(=O)Nc1cccc2cccnc12. The van der Waals surface area contributed by atoms with Gasteiger partial charge in [-0.05, 0) is 24.5 Å². The average Bonchev–Trinajstić information content (AvgIpc) is 2.47. The van der Waals surface area contributed by atoms with Gasteiger partial charge in [-0.25, -0.2) is 4.79 Å². The first-order valence-electron chi connectivity index (χ1n) is 7.14. The van der Waals surface area contributed by atoms with Crippen molar-refractivity contribution in [2.24, 2.45) is 5.92 Å². The number of anilines is 1. The molecule has 0 saturated carbocycles. The summed E-state index contributed by atoms with van der Waals surface area (Å²) in [5.74, 6) is 0.192. The third kappa shape index (κ3) is 4.16. The van der Waals surface area contributed by atoms with Gasteiger partial charge in [0.2, 0.25) is 0 Å². The highest BCUT2D eigenvalue weighted by Gasteiger charge is 2.10. The molecule has 2 rings (SSSR count). The number of aliphatic hydroxyl groups is 1. The molecular weight excluding hydrogens is 266 g/mol. The number of para-hydroxylation sites is 1. The van der Waals surface area contributed by atoms with Crippen LogP contribution in [0.1, 0.15) is 20.3 Å². The molecule has 0 bridgehead atoms. The van der Waals surface area contributed by atoms with Crippen LogP contribution in [0.4, 0.5) is 10.5 Å². The molecule has 0 aliphatic rings. The molecule has 0 spiro atoms.